The molecule has 1 saturated heterocycles. The van der Waals surface area contributed by atoms with Crippen molar-refractivity contribution in [2.75, 3.05) is 47.0 Å². The monoisotopic (exact) mass is 216 g/mol. The first-order valence-corrected chi connectivity index (χ1v) is 5.77. The fraction of sp³-hybridized carbons (Fsp3) is 1.00. The van der Waals surface area contributed by atoms with Crippen LogP contribution in [0.3, 0.4) is 0 Å². The van der Waals surface area contributed by atoms with Crippen LogP contribution in [0.1, 0.15) is 19.3 Å². The molecule has 0 saturated carbocycles. The maximum Gasteiger partial charge on any atom is 0.0614 e. The first-order chi connectivity index (χ1) is 7.26. The van der Waals surface area contributed by atoms with Gasteiger partial charge in [-0.1, -0.05) is 0 Å². The van der Waals surface area contributed by atoms with E-state index in [0.717, 1.165) is 45.5 Å². The molecule has 90 valence electrons. The molecule has 0 aromatic carbocycles. The van der Waals surface area contributed by atoms with Crippen LogP contribution in [0.25, 0.3) is 0 Å². The summed E-state index contributed by atoms with van der Waals surface area (Å²) < 4.78 is 5.04. The van der Waals surface area contributed by atoms with Gasteiger partial charge in [-0.3, -0.25) is 0 Å². The number of likely N-dealkylation sites (N-methyl/N-ethyl adjacent to an activating group) is 1. The standard InChI is InChI=1S/C11H24N2O2/c1-12-11(10-14)4-7-13(8-5-11)6-3-9-15-2/h12,14H,3-10H2,1-2H3. The molecule has 0 unspecified atom stereocenters. The molecule has 15 heavy (non-hydrogen) atoms. The summed E-state index contributed by atoms with van der Waals surface area (Å²) in [6.07, 6.45) is 3.17. The summed E-state index contributed by atoms with van der Waals surface area (Å²) in [4.78, 5) is 2.45. The second-order valence-corrected chi connectivity index (χ2v) is 4.38. The predicted molar refractivity (Wildman–Crippen MR) is 61.0 cm³/mol. The van der Waals surface area contributed by atoms with E-state index >= 15 is 0 Å². The highest BCUT2D eigenvalue weighted by molar-refractivity contribution is 4.91. The lowest BCUT2D eigenvalue weighted by Gasteiger charge is -2.40. The van der Waals surface area contributed by atoms with Crippen LogP contribution in [0.4, 0.5) is 0 Å². The Morgan fingerprint density at radius 1 is 1.40 bits per heavy atom. The summed E-state index contributed by atoms with van der Waals surface area (Å²) in [7, 11) is 3.69. The zero-order chi connectivity index (χ0) is 11.1. The third kappa shape index (κ3) is 3.72. The zero-order valence-corrected chi connectivity index (χ0v) is 9.96. The number of rotatable bonds is 6. The van der Waals surface area contributed by atoms with E-state index in [2.05, 4.69) is 10.2 Å². The number of hydrogen-bond acceptors (Lipinski definition) is 4. The first kappa shape index (κ1) is 12.9. The molecule has 0 aliphatic carbocycles. The number of methoxy groups -OCH3 is 1. The summed E-state index contributed by atoms with van der Waals surface area (Å²) in [5, 5.41) is 12.6. The van der Waals surface area contributed by atoms with Crippen LogP contribution in [-0.4, -0.2) is 62.6 Å². The van der Waals surface area contributed by atoms with E-state index in [1.807, 2.05) is 7.05 Å². The van der Waals surface area contributed by atoms with E-state index in [1.54, 1.807) is 7.11 Å². The molecule has 0 amide bonds. The average molecular weight is 216 g/mol. The van der Waals surface area contributed by atoms with Crippen LogP contribution in [0, 0.1) is 0 Å². The Bertz CT molecular complexity index is 162. The highest BCUT2D eigenvalue weighted by Crippen LogP contribution is 2.21. The zero-order valence-electron chi connectivity index (χ0n) is 9.96. The quantitative estimate of drug-likeness (QED) is 0.617. The molecule has 1 aliphatic heterocycles. The van der Waals surface area contributed by atoms with Crippen LogP contribution < -0.4 is 5.32 Å². The minimum Gasteiger partial charge on any atom is -0.394 e. The van der Waals surface area contributed by atoms with E-state index in [4.69, 9.17) is 4.74 Å². The highest BCUT2D eigenvalue weighted by atomic mass is 16.5. The van der Waals surface area contributed by atoms with Crippen LogP contribution in [0.5, 0.6) is 0 Å². The van der Waals surface area contributed by atoms with E-state index in [-0.39, 0.29) is 12.1 Å². The summed E-state index contributed by atoms with van der Waals surface area (Å²) in [5.74, 6) is 0. The van der Waals surface area contributed by atoms with Gasteiger partial charge in [-0.15, -0.1) is 0 Å². The number of nitrogens with one attached hydrogen (secondary N) is 1. The lowest BCUT2D eigenvalue weighted by Crippen LogP contribution is -2.54. The Balaban J connectivity index is 2.22. The SMILES string of the molecule is CNC1(CO)CCN(CCCOC)CC1. The maximum absolute atomic E-state index is 9.34. The third-order valence-corrected chi connectivity index (χ3v) is 3.47. The van der Waals surface area contributed by atoms with Gasteiger partial charge in [-0.05, 0) is 39.4 Å². The molecule has 0 bridgehead atoms. The molecule has 4 nitrogen and oxygen atoms in total. The van der Waals surface area contributed by atoms with Crippen LogP contribution >= 0.6 is 0 Å². The van der Waals surface area contributed by atoms with Crippen LogP contribution in [-0.2, 0) is 4.74 Å². The largest absolute Gasteiger partial charge is 0.394 e. The van der Waals surface area contributed by atoms with Crippen molar-refractivity contribution in [1.29, 1.82) is 0 Å². The van der Waals surface area contributed by atoms with Crippen molar-refractivity contribution in [2.24, 2.45) is 0 Å². The van der Waals surface area contributed by atoms with Gasteiger partial charge in [0.15, 0.2) is 0 Å². The molecule has 0 aromatic heterocycles. The summed E-state index contributed by atoms with van der Waals surface area (Å²) in [5.41, 5.74) is -0.0300. The second-order valence-electron chi connectivity index (χ2n) is 4.38. The summed E-state index contributed by atoms with van der Waals surface area (Å²) >= 11 is 0. The van der Waals surface area contributed by atoms with E-state index < -0.39 is 0 Å². The molecule has 0 aromatic rings. The molecular weight excluding hydrogens is 192 g/mol. The van der Waals surface area contributed by atoms with E-state index in [1.165, 1.54) is 0 Å². The minimum atomic E-state index is -0.0300. The minimum absolute atomic E-state index is 0.0300. The third-order valence-electron chi connectivity index (χ3n) is 3.47. The molecule has 0 spiro atoms. The summed E-state index contributed by atoms with van der Waals surface area (Å²) in [6.45, 7) is 4.35. The first-order valence-electron chi connectivity index (χ1n) is 5.77. The Morgan fingerprint density at radius 2 is 2.07 bits per heavy atom. The van der Waals surface area contributed by atoms with Crippen molar-refractivity contribution in [3.63, 3.8) is 0 Å². The number of likely N-dealkylation sites (tertiary alicyclic amines) is 1. The summed E-state index contributed by atoms with van der Waals surface area (Å²) in [6, 6.07) is 0. The van der Waals surface area contributed by atoms with Gasteiger partial charge in [0.1, 0.15) is 0 Å². The van der Waals surface area contributed by atoms with Gasteiger partial charge in [0.2, 0.25) is 0 Å². The fourth-order valence-electron chi connectivity index (χ4n) is 2.12. The maximum atomic E-state index is 9.34. The van der Waals surface area contributed by atoms with Gasteiger partial charge in [0.05, 0.1) is 6.61 Å². The Morgan fingerprint density at radius 3 is 2.53 bits per heavy atom. The molecule has 4 heteroatoms. The van der Waals surface area contributed by atoms with Gasteiger partial charge in [-0.2, -0.15) is 0 Å². The van der Waals surface area contributed by atoms with E-state index in [0.29, 0.717) is 0 Å². The van der Waals surface area contributed by atoms with Crippen molar-refractivity contribution in [2.45, 2.75) is 24.8 Å². The van der Waals surface area contributed by atoms with Gasteiger partial charge in [-0.25, -0.2) is 0 Å². The number of ether oxygens (including phenoxy) is 1. The van der Waals surface area contributed by atoms with E-state index in [9.17, 15) is 5.11 Å². The molecule has 1 aliphatic rings. The predicted octanol–water partition coefficient (Wildman–Crippen LogP) is 0.0692. The molecule has 0 radical (unpaired) electrons. The Labute approximate surface area is 92.6 Å². The lowest BCUT2D eigenvalue weighted by molar-refractivity contribution is 0.0788. The van der Waals surface area contributed by atoms with Crippen molar-refractivity contribution in [3.8, 4) is 0 Å². The van der Waals surface area contributed by atoms with Gasteiger partial charge in [0, 0.05) is 25.8 Å². The topological polar surface area (TPSA) is 44.7 Å². The molecule has 1 rings (SSSR count). The van der Waals surface area contributed by atoms with Crippen molar-refractivity contribution >= 4 is 0 Å². The molecule has 0 atom stereocenters. The van der Waals surface area contributed by atoms with Gasteiger partial charge in [0.25, 0.3) is 0 Å². The Kier molecular flexibility index (Phi) is 5.53. The molecule has 2 N–H and O–H groups in total. The number of hydrogen-bond donors (Lipinski definition) is 2. The molecular formula is C11H24N2O2. The lowest BCUT2D eigenvalue weighted by atomic mass is 9.88. The van der Waals surface area contributed by atoms with Gasteiger partial charge < -0.3 is 20.1 Å². The van der Waals surface area contributed by atoms with Gasteiger partial charge >= 0.3 is 0 Å². The van der Waals surface area contributed by atoms with Crippen molar-refractivity contribution < 1.29 is 9.84 Å². The normalized spacial score (nSPS) is 21.8. The average Bonchev–Trinajstić information content (AvgIpc) is 2.31. The fourth-order valence-corrected chi connectivity index (χ4v) is 2.12. The number of aliphatic hydroxyl groups excluding tert-OH is 1. The number of piperidine rings is 1. The molecule has 1 heterocycles. The second kappa shape index (κ2) is 6.43. The number of nitrogens with zero attached hydrogens (tertiary/aromatic N) is 1. The van der Waals surface area contributed by atoms with Crippen LogP contribution in [0.15, 0.2) is 0 Å². The smallest absolute Gasteiger partial charge is 0.0614 e. The molecule has 1 fully saturated rings. The Hall–Kier alpha value is -0.160. The van der Waals surface area contributed by atoms with Crippen LogP contribution in [0.2, 0.25) is 0 Å². The highest BCUT2D eigenvalue weighted by Gasteiger charge is 2.31. The van der Waals surface area contributed by atoms with Crippen molar-refractivity contribution in [3.05, 3.63) is 0 Å². The number of aliphatic hydroxyl groups is 1. The van der Waals surface area contributed by atoms with Crippen molar-refractivity contribution in [1.82, 2.24) is 10.2 Å².